The minimum atomic E-state index is -0.650. The Morgan fingerprint density at radius 3 is 2.58 bits per heavy atom. The van der Waals surface area contributed by atoms with Crippen molar-refractivity contribution in [1.29, 1.82) is 0 Å². The Morgan fingerprint density at radius 2 is 2.05 bits per heavy atom. The van der Waals surface area contributed by atoms with E-state index in [0.717, 1.165) is 17.0 Å². The number of benzene rings is 1. The van der Waals surface area contributed by atoms with Crippen molar-refractivity contribution < 1.29 is 19.2 Å². The summed E-state index contributed by atoms with van der Waals surface area (Å²) in [7, 11) is 2.58. The van der Waals surface area contributed by atoms with E-state index in [1.54, 1.807) is 0 Å². The molecule has 0 saturated heterocycles. The summed E-state index contributed by atoms with van der Waals surface area (Å²) in [5.74, 6) is -1.15. The molecule has 0 atom stereocenters. The first-order chi connectivity index (χ1) is 8.85. The Morgan fingerprint density at radius 1 is 1.42 bits per heavy atom. The van der Waals surface area contributed by atoms with E-state index < -0.39 is 16.8 Å². The lowest BCUT2D eigenvalue weighted by atomic mass is 10.2. The number of nitro benzene ring substituents is 1. The molecule has 1 aromatic rings. The molecule has 0 aliphatic rings. The zero-order valence-corrected chi connectivity index (χ0v) is 11.0. The molecule has 7 nitrogen and oxygen atoms in total. The number of hydrogen-bond acceptors (Lipinski definition) is 5. The molecule has 0 unspecified atom stereocenters. The number of nitrogens with zero attached hydrogens (tertiary/aromatic N) is 2. The average molecular weight is 287 g/mol. The summed E-state index contributed by atoms with van der Waals surface area (Å²) in [5.41, 5.74) is -0.257. The zero-order valence-electron chi connectivity index (χ0n) is 10.3. The second-order valence-corrected chi connectivity index (χ2v) is 4.13. The first-order valence-electron chi connectivity index (χ1n) is 5.12. The van der Waals surface area contributed by atoms with Gasteiger partial charge in [0.25, 0.3) is 11.6 Å². The van der Waals surface area contributed by atoms with E-state index in [9.17, 15) is 19.7 Å². The molecule has 1 amide bonds. The summed E-state index contributed by atoms with van der Waals surface area (Å²) >= 11 is 5.71. The summed E-state index contributed by atoms with van der Waals surface area (Å²) in [6.45, 7) is -0.254. The van der Waals surface area contributed by atoms with Crippen molar-refractivity contribution in [2.24, 2.45) is 0 Å². The number of hydrogen-bond donors (Lipinski definition) is 0. The summed E-state index contributed by atoms with van der Waals surface area (Å²) in [4.78, 5) is 34.1. The zero-order chi connectivity index (χ0) is 14.6. The molecule has 8 heteroatoms. The molecule has 0 aliphatic heterocycles. The van der Waals surface area contributed by atoms with Crippen molar-refractivity contribution in [2.45, 2.75) is 0 Å². The normalized spacial score (nSPS) is 9.84. The van der Waals surface area contributed by atoms with E-state index >= 15 is 0 Å². The number of carbonyl (C=O) groups is 2. The molecule has 0 aliphatic carbocycles. The Balaban J connectivity index is 2.99. The molecule has 0 spiro atoms. The van der Waals surface area contributed by atoms with Gasteiger partial charge in [-0.2, -0.15) is 0 Å². The lowest BCUT2D eigenvalue weighted by molar-refractivity contribution is -0.384. The molecular formula is C11H11ClN2O5. The van der Waals surface area contributed by atoms with Gasteiger partial charge in [0.2, 0.25) is 0 Å². The lowest BCUT2D eigenvalue weighted by Gasteiger charge is -2.15. The molecule has 0 fully saturated rings. The van der Waals surface area contributed by atoms with Gasteiger partial charge < -0.3 is 9.64 Å². The number of ether oxygens (including phenoxy) is 1. The number of halogens is 1. The number of esters is 1. The van der Waals surface area contributed by atoms with Gasteiger partial charge in [0, 0.05) is 29.8 Å². The maximum Gasteiger partial charge on any atom is 0.325 e. The van der Waals surface area contributed by atoms with Gasteiger partial charge in [-0.1, -0.05) is 11.6 Å². The van der Waals surface area contributed by atoms with Gasteiger partial charge in [0.15, 0.2) is 0 Å². The second kappa shape index (κ2) is 6.14. The van der Waals surface area contributed by atoms with Crippen molar-refractivity contribution in [3.05, 3.63) is 38.9 Å². The van der Waals surface area contributed by atoms with Crippen LogP contribution in [0.2, 0.25) is 5.02 Å². The number of carbonyl (C=O) groups excluding carboxylic acids is 2. The van der Waals surface area contributed by atoms with Gasteiger partial charge >= 0.3 is 5.97 Å². The first-order valence-corrected chi connectivity index (χ1v) is 5.50. The van der Waals surface area contributed by atoms with Crippen LogP contribution in [0.3, 0.4) is 0 Å². The van der Waals surface area contributed by atoms with Crippen LogP contribution in [-0.2, 0) is 9.53 Å². The quantitative estimate of drug-likeness (QED) is 0.475. The lowest BCUT2D eigenvalue weighted by Crippen LogP contribution is -2.32. The van der Waals surface area contributed by atoms with Crippen LogP contribution in [0.5, 0.6) is 0 Å². The highest BCUT2D eigenvalue weighted by molar-refractivity contribution is 6.31. The van der Waals surface area contributed by atoms with Crippen molar-refractivity contribution in [3.8, 4) is 0 Å². The third-order valence-corrected chi connectivity index (χ3v) is 2.50. The van der Waals surface area contributed by atoms with Gasteiger partial charge in [0.05, 0.1) is 12.0 Å². The SMILES string of the molecule is COC(=O)CN(C)C(=O)c1cc(Cl)cc([N+](=O)[O-])c1. The monoisotopic (exact) mass is 286 g/mol. The summed E-state index contributed by atoms with van der Waals surface area (Å²) in [6.07, 6.45) is 0. The van der Waals surface area contributed by atoms with E-state index in [0.29, 0.717) is 0 Å². The molecule has 0 N–H and O–H groups in total. The Hall–Kier alpha value is -2.15. The number of methoxy groups -OCH3 is 1. The highest BCUT2D eigenvalue weighted by Crippen LogP contribution is 2.21. The molecule has 0 saturated carbocycles. The van der Waals surface area contributed by atoms with Crippen LogP contribution >= 0.6 is 11.6 Å². The molecule has 19 heavy (non-hydrogen) atoms. The first kappa shape index (κ1) is 14.9. The minimum absolute atomic E-state index is 0.0330. The van der Waals surface area contributed by atoms with Crippen LogP contribution in [0.4, 0.5) is 5.69 Å². The number of non-ortho nitro benzene ring substituents is 1. The summed E-state index contributed by atoms with van der Waals surface area (Å²) < 4.78 is 4.43. The highest BCUT2D eigenvalue weighted by atomic mass is 35.5. The molecule has 1 aromatic carbocycles. The van der Waals surface area contributed by atoms with E-state index in [2.05, 4.69) is 4.74 Å². The fraction of sp³-hybridized carbons (Fsp3) is 0.273. The van der Waals surface area contributed by atoms with E-state index in [-0.39, 0.29) is 22.8 Å². The number of rotatable bonds is 4. The molecule has 0 aromatic heterocycles. The maximum atomic E-state index is 12.0. The number of likely N-dealkylation sites (N-methyl/N-ethyl adjacent to an activating group) is 1. The second-order valence-electron chi connectivity index (χ2n) is 3.69. The number of amides is 1. The fourth-order valence-corrected chi connectivity index (χ4v) is 1.58. The van der Waals surface area contributed by atoms with Crippen molar-refractivity contribution >= 4 is 29.2 Å². The van der Waals surface area contributed by atoms with E-state index in [1.165, 1.54) is 20.2 Å². The number of nitro groups is 1. The molecule has 0 heterocycles. The summed E-state index contributed by atoms with van der Waals surface area (Å²) in [6, 6.07) is 3.53. The third-order valence-electron chi connectivity index (χ3n) is 2.28. The molecule has 0 radical (unpaired) electrons. The highest BCUT2D eigenvalue weighted by Gasteiger charge is 2.19. The third kappa shape index (κ3) is 3.92. The standard InChI is InChI=1S/C11H11ClN2O5/c1-13(6-10(15)19-2)11(16)7-3-8(12)5-9(4-7)14(17)18/h3-5H,6H2,1-2H3. The van der Waals surface area contributed by atoms with Gasteiger partial charge in [-0.25, -0.2) is 0 Å². The van der Waals surface area contributed by atoms with Crippen molar-refractivity contribution in [1.82, 2.24) is 4.90 Å². The van der Waals surface area contributed by atoms with Gasteiger partial charge in [-0.3, -0.25) is 19.7 Å². The molecule has 0 bridgehead atoms. The van der Waals surface area contributed by atoms with Gasteiger partial charge in [-0.05, 0) is 6.07 Å². The largest absolute Gasteiger partial charge is 0.468 e. The Kier molecular flexibility index (Phi) is 4.82. The van der Waals surface area contributed by atoms with Crippen LogP contribution in [-0.4, -0.2) is 42.4 Å². The fourth-order valence-electron chi connectivity index (χ4n) is 1.35. The predicted octanol–water partition coefficient (Wildman–Crippen LogP) is 1.49. The van der Waals surface area contributed by atoms with E-state index in [4.69, 9.17) is 11.6 Å². The topological polar surface area (TPSA) is 89.8 Å². The van der Waals surface area contributed by atoms with Crippen LogP contribution in [0.15, 0.2) is 18.2 Å². The van der Waals surface area contributed by atoms with Crippen LogP contribution in [0.1, 0.15) is 10.4 Å². The molecular weight excluding hydrogens is 276 g/mol. The molecule has 102 valence electrons. The van der Waals surface area contributed by atoms with Gasteiger partial charge in [0.1, 0.15) is 6.54 Å². The van der Waals surface area contributed by atoms with Crippen molar-refractivity contribution in [2.75, 3.05) is 20.7 Å². The van der Waals surface area contributed by atoms with Crippen molar-refractivity contribution in [3.63, 3.8) is 0 Å². The molecule has 1 rings (SSSR count). The van der Waals surface area contributed by atoms with E-state index in [1.807, 2.05) is 0 Å². The smallest absolute Gasteiger partial charge is 0.325 e. The minimum Gasteiger partial charge on any atom is -0.468 e. The maximum absolute atomic E-state index is 12.0. The van der Waals surface area contributed by atoms with Crippen LogP contribution < -0.4 is 0 Å². The Labute approximate surface area is 113 Å². The Bertz CT molecular complexity index is 532. The van der Waals surface area contributed by atoms with Gasteiger partial charge in [-0.15, -0.1) is 0 Å². The summed E-state index contributed by atoms with van der Waals surface area (Å²) in [5, 5.41) is 10.7. The predicted molar refractivity (Wildman–Crippen MR) is 67.1 cm³/mol. The van der Waals surface area contributed by atoms with Crippen LogP contribution in [0, 0.1) is 10.1 Å². The van der Waals surface area contributed by atoms with Crippen LogP contribution in [0.25, 0.3) is 0 Å². The average Bonchev–Trinajstić information content (AvgIpc) is 2.36.